The first kappa shape index (κ1) is 11.0. The van der Waals surface area contributed by atoms with Crippen molar-refractivity contribution in [3.8, 4) is 0 Å². The van der Waals surface area contributed by atoms with Crippen molar-refractivity contribution < 1.29 is 0 Å². The van der Waals surface area contributed by atoms with Gasteiger partial charge in [-0.2, -0.15) is 0 Å². The van der Waals surface area contributed by atoms with Crippen molar-refractivity contribution >= 4 is 0 Å². The molecular weight excluding hydrogens is 160 g/mol. The molecule has 1 unspecified atom stereocenters. The zero-order valence-corrected chi connectivity index (χ0v) is 9.34. The van der Waals surface area contributed by atoms with Crippen molar-refractivity contribution in [2.75, 3.05) is 19.6 Å². The molecule has 0 bridgehead atoms. The number of hydrogen-bond donors (Lipinski definition) is 1. The van der Waals surface area contributed by atoms with E-state index in [2.05, 4.69) is 31.0 Å². The average Bonchev–Trinajstić information content (AvgIpc) is 2.15. The lowest BCUT2D eigenvalue weighted by atomic mass is 10.0. The van der Waals surface area contributed by atoms with Gasteiger partial charge in [-0.1, -0.05) is 6.92 Å². The van der Waals surface area contributed by atoms with Crippen molar-refractivity contribution in [3.05, 3.63) is 0 Å². The van der Waals surface area contributed by atoms with E-state index < -0.39 is 0 Å². The Morgan fingerprint density at radius 3 is 2.85 bits per heavy atom. The molecule has 1 aliphatic heterocycles. The molecule has 1 N–H and O–H groups in total. The minimum Gasteiger partial charge on any atom is -0.313 e. The SMILES string of the molecule is CCCNC1CCCN(C(C)C)C1. The van der Waals surface area contributed by atoms with Gasteiger partial charge in [0, 0.05) is 18.6 Å². The Kier molecular flexibility index (Phi) is 4.74. The van der Waals surface area contributed by atoms with Gasteiger partial charge < -0.3 is 5.32 Å². The van der Waals surface area contributed by atoms with Gasteiger partial charge in [0.25, 0.3) is 0 Å². The summed E-state index contributed by atoms with van der Waals surface area (Å²) in [5.74, 6) is 0. The molecule has 1 rings (SSSR count). The first-order valence-corrected chi connectivity index (χ1v) is 5.71. The number of nitrogens with one attached hydrogen (secondary N) is 1. The fourth-order valence-corrected chi connectivity index (χ4v) is 1.99. The Labute approximate surface area is 82.7 Å². The van der Waals surface area contributed by atoms with E-state index in [-0.39, 0.29) is 0 Å². The van der Waals surface area contributed by atoms with Gasteiger partial charge in [0.1, 0.15) is 0 Å². The van der Waals surface area contributed by atoms with Crippen LogP contribution in [0, 0.1) is 0 Å². The van der Waals surface area contributed by atoms with Crippen LogP contribution in [0.2, 0.25) is 0 Å². The van der Waals surface area contributed by atoms with E-state index in [9.17, 15) is 0 Å². The molecule has 1 saturated heterocycles. The molecular formula is C11H24N2. The van der Waals surface area contributed by atoms with Gasteiger partial charge in [0.2, 0.25) is 0 Å². The van der Waals surface area contributed by atoms with Crippen molar-refractivity contribution in [3.63, 3.8) is 0 Å². The molecule has 2 nitrogen and oxygen atoms in total. The van der Waals surface area contributed by atoms with Gasteiger partial charge in [0.05, 0.1) is 0 Å². The van der Waals surface area contributed by atoms with E-state index in [0.717, 1.165) is 6.04 Å². The van der Waals surface area contributed by atoms with Crippen molar-refractivity contribution in [1.29, 1.82) is 0 Å². The van der Waals surface area contributed by atoms with Crippen LogP contribution in [0.15, 0.2) is 0 Å². The highest BCUT2D eigenvalue weighted by atomic mass is 15.2. The summed E-state index contributed by atoms with van der Waals surface area (Å²) < 4.78 is 0. The first-order chi connectivity index (χ1) is 6.24. The highest BCUT2D eigenvalue weighted by molar-refractivity contribution is 4.79. The maximum atomic E-state index is 3.61. The van der Waals surface area contributed by atoms with Crippen LogP contribution in [0.3, 0.4) is 0 Å². The number of hydrogen-bond acceptors (Lipinski definition) is 2. The second kappa shape index (κ2) is 5.61. The lowest BCUT2D eigenvalue weighted by Gasteiger charge is -2.35. The van der Waals surface area contributed by atoms with Crippen LogP contribution in [0.5, 0.6) is 0 Å². The summed E-state index contributed by atoms with van der Waals surface area (Å²) in [6.45, 7) is 10.5. The first-order valence-electron chi connectivity index (χ1n) is 5.71. The smallest absolute Gasteiger partial charge is 0.0195 e. The lowest BCUT2D eigenvalue weighted by molar-refractivity contribution is 0.154. The summed E-state index contributed by atoms with van der Waals surface area (Å²) >= 11 is 0. The van der Waals surface area contributed by atoms with Crippen LogP contribution in [0.4, 0.5) is 0 Å². The van der Waals surface area contributed by atoms with Crippen molar-refractivity contribution in [2.24, 2.45) is 0 Å². The topological polar surface area (TPSA) is 15.3 Å². The molecule has 1 fully saturated rings. The Morgan fingerprint density at radius 1 is 1.46 bits per heavy atom. The number of piperidine rings is 1. The van der Waals surface area contributed by atoms with Crippen molar-refractivity contribution in [1.82, 2.24) is 10.2 Å². The van der Waals surface area contributed by atoms with E-state index >= 15 is 0 Å². The molecule has 2 heteroatoms. The Hall–Kier alpha value is -0.0800. The van der Waals surface area contributed by atoms with Crippen LogP contribution < -0.4 is 5.32 Å². The molecule has 0 aromatic carbocycles. The summed E-state index contributed by atoms with van der Waals surface area (Å²) in [4.78, 5) is 2.58. The maximum Gasteiger partial charge on any atom is 0.0195 e. The third kappa shape index (κ3) is 3.65. The molecule has 0 aromatic rings. The summed E-state index contributed by atoms with van der Waals surface area (Å²) in [6, 6.07) is 1.46. The molecule has 0 aliphatic carbocycles. The highest BCUT2D eigenvalue weighted by Crippen LogP contribution is 2.12. The molecule has 0 radical (unpaired) electrons. The quantitative estimate of drug-likeness (QED) is 0.717. The largest absolute Gasteiger partial charge is 0.313 e. The van der Waals surface area contributed by atoms with E-state index in [1.165, 1.54) is 38.9 Å². The molecule has 1 atom stereocenters. The highest BCUT2D eigenvalue weighted by Gasteiger charge is 2.20. The molecule has 13 heavy (non-hydrogen) atoms. The van der Waals surface area contributed by atoms with E-state index in [0.29, 0.717) is 6.04 Å². The summed E-state index contributed by atoms with van der Waals surface area (Å²) in [7, 11) is 0. The second-order valence-electron chi connectivity index (χ2n) is 4.38. The van der Waals surface area contributed by atoms with E-state index in [4.69, 9.17) is 0 Å². The van der Waals surface area contributed by atoms with Gasteiger partial charge in [-0.25, -0.2) is 0 Å². The zero-order valence-electron chi connectivity index (χ0n) is 9.34. The molecule has 0 aromatic heterocycles. The fraction of sp³-hybridized carbons (Fsp3) is 1.00. The molecule has 0 spiro atoms. The molecule has 78 valence electrons. The molecule has 0 amide bonds. The monoisotopic (exact) mass is 184 g/mol. The minimum atomic E-state index is 0.714. The fourth-order valence-electron chi connectivity index (χ4n) is 1.99. The predicted molar refractivity (Wildman–Crippen MR) is 58.0 cm³/mol. The standard InChI is InChI=1S/C11H24N2/c1-4-7-12-11-6-5-8-13(9-11)10(2)3/h10-12H,4-9H2,1-3H3. The van der Waals surface area contributed by atoms with Gasteiger partial charge in [-0.3, -0.25) is 4.90 Å². The van der Waals surface area contributed by atoms with E-state index in [1.807, 2.05) is 0 Å². The van der Waals surface area contributed by atoms with Crippen LogP contribution in [-0.4, -0.2) is 36.6 Å². The Morgan fingerprint density at radius 2 is 2.23 bits per heavy atom. The maximum absolute atomic E-state index is 3.61. The van der Waals surface area contributed by atoms with Crippen molar-refractivity contribution in [2.45, 2.75) is 52.1 Å². The third-order valence-electron chi connectivity index (χ3n) is 2.87. The van der Waals surface area contributed by atoms with Gasteiger partial charge in [-0.05, 0) is 46.2 Å². The van der Waals surface area contributed by atoms with Crippen LogP contribution in [0.25, 0.3) is 0 Å². The second-order valence-corrected chi connectivity index (χ2v) is 4.38. The van der Waals surface area contributed by atoms with Crippen LogP contribution in [-0.2, 0) is 0 Å². The zero-order chi connectivity index (χ0) is 9.68. The Bertz CT molecular complexity index is 134. The van der Waals surface area contributed by atoms with Gasteiger partial charge in [-0.15, -0.1) is 0 Å². The summed E-state index contributed by atoms with van der Waals surface area (Å²) in [6.07, 6.45) is 3.97. The van der Waals surface area contributed by atoms with Gasteiger partial charge >= 0.3 is 0 Å². The average molecular weight is 184 g/mol. The summed E-state index contributed by atoms with van der Waals surface area (Å²) in [5, 5.41) is 3.61. The van der Waals surface area contributed by atoms with Gasteiger partial charge in [0.15, 0.2) is 0 Å². The predicted octanol–water partition coefficient (Wildman–Crippen LogP) is 1.86. The molecule has 0 saturated carbocycles. The molecule has 1 heterocycles. The lowest BCUT2D eigenvalue weighted by Crippen LogP contribution is -2.48. The third-order valence-corrected chi connectivity index (χ3v) is 2.87. The van der Waals surface area contributed by atoms with Crippen LogP contribution >= 0.6 is 0 Å². The summed E-state index contributed by atoms with van der Waals surface area (Å²) in [5.41, 5.74) is 0. The van der Waals surface area contributed by atoms with E-state index in [1.54, 1.807) is 0 Å². The number of nitrogens with zero attached hydrogens (tertiary/aromatic N) is 1. The minimum absolute atomic E-state index is 0.714. The van der Waals surface area contributed by atoms with Crippen LogP contribution in [0.1, 0.15) is 40.0 Å². The number of rotatable bonds is 4. The molecule has 1 aliphatic rings. The Balaban J connectivity index is 2.25. The normalized spacial score (nSPS) is 25.4. The number of likely N-dealkylation sites (tertiary alicyclic amines) is 1.